The minimum absolute atomic E-state index is 0.0233. The Bertz CT molecular complexity index is 1530. The number of amides is 1. The second-order valence-corrected chi connectivity index (χ2v) is 14.5. The zero-order chi connectivity index (χ0) is 27.0. The Morgan fingerprint density at radius 3 is 2.37 bits per heavy atom. The standard InChI is InChI=1S/C28H32ClFN4O3S/c1-28(2,3)16-38(36,37)22-11-21-13-31-26(17-4-5-17)34(21)25(12-22)33-19-7-8-20(33)15-32(14-19)27(35)23-9-6-18(30)10-24(23)29/h6,9-13,17,19-20H,4-5,7-8,14-16H2,1-3H3/t19-,20+. The maximum Gasteiger partial charge on any atom is 0.255 e. The molecule has 0 N–H and O–H groups in total. The summed E-state index contributed by atoms with van der Waals surface area (Å²) in [7, 11) is -3.53. The number of pyridine rings is 1. The van der Waals surface area contributed by atoms with Crippen LogP contribution in [0.3, 0.4) is 0 Å². The van der Waals surface area contributed by atoms with E-state index in [1.807, 2.05) is 26.8 Å². The lowest BCUT2D eigenvalue weighted by atomic mass is 10.0. The van der Waals surface area contributed by atoms with Crippen LogP contribution in [0.15, 0.2) is 41.4 Å². The van der Waals surface area contributed by atoms with Gasteiger partial charge in [-0.05, 0) is 61.4 Å². The third kappa shape index (κ3) is 4.57. The van der Waals surface area contributed by atoms with Crippen LogP contribution in [-0.2, 0) is 9.84 Å². The van der Waals surface area contributed by atoms with Crippen molar-refractivity contribution in [3.8, 4) is 0 Å². The number of rotatable bonds is 5. The summed E-state index contributed by atoms with van der Waals surface area (Å²) < 4.78 is 42.6. The number of fused-ring (bicyclic) bond motifs is 3. The van der Waals surface area contributed by atoms with Gasteiger partial charge in [0, 0.05) is 31.1 Å². The van der Waals surface area contributed by atoms with Gasteiger partial charge in [0.15, 0.2) is 9.84 Å². The molecule has 6 rings (SSSR count). The second kappa shape index (κ2) is 8.95. The van der Waals surface area contributed by atoms with Gasteiger partial charge < -0.3 is 9.80 Å². The molecular formula is C28H32ClFN4O3S. The van der Waals surface area contributed by atoms with Crippen molar-refractivity contribution in [1.82, 2.24) is 14.3 Å². The van der Waals surface area contributed by atoms with Crippen LogP contribution in [0, 0.1) is 11.2 Å². The molecule has 10 heteroatoms. The van der Waals surface area contributed by atoms with Crippen LogP contribution >= 0.6 is 11.6 Å². The molecule has 1 amide bonds. The van der Waals surface area contributed by atoms with E-state index in [1.165, 1.54) is 18.2 Å². The van der Waals surface area contributed by atoms with Crippen LogP contribution < -0.4 is 4.90 Å². The van der Waals surface area contributed by atoms with Crippen LogP contribution in [0.1, 0.15) is 68.6 Å². The first-order chi connectivity index (χ1) is 17.9. The number of hydrogen-bond acceptors (Lipinski definition) is 5. The first-order valence-electron chi connectivity index (χ1n) is 13.2. The largest absolute Gasteiger partial charge is 0.348 e. The maximum absolute atomic E-state index is 13.6. The van der Waals surface area contributed by atoms with E-state index in [0.717, 1.165) is 42.8 Å². The van der Waals surface area contributed by atoms with Crippen molar-refractivity contribution < 1.29 is 17.6 Å². The van der Waals surface area contributed by atoms with Gasteiger partial charge in [-0.25, -0.2) is 17.8 Å². The number of nitrogens with zero attached hydrogens (tertiary/aromatic N) is 4. The van der Waals surface area contributed by atoms with E-state index in [2.05, 4.69) is 9.30 Å². The van der Waals surface area contributed by atoms with Crippen molar-refractivity contribution in [3.63, 3.8) is 0 Å². The molecule has 2 atom stereocenters. The van der Waals surface area contributed by atoms with Gasteiger partial charge in [-0.15, -0.1) is 0 Å². The van der Waals surface area contributed by atoms with Crippen LogP contribution in [0.25, 0.3) is 5.52 Å². The summed E-state index contributed by atoms with van der Waals surface area (Å²) in [6.07, 6.45) is 5.72. The van der Waals surface area contributed by atoms with Crippen molar-refractivity contribution in [1.29, 1.82) is 0 Å². The molecule has 2 saturated heterocycles. The highest BCUT2D eigenvalue weighted by Crippen LogP contribution is 2.43. The molecule has 1 aliphatic carbocycles. The number of piperazine rings is 1. The van der Waals surface area contributed by atoms with E-state index in [4.69, 9.17) is 16.6 Å². The smallest absolute Gasteiger partial charge is 0.255 e. The fraction of sp³-hybridized carbons (Fsp3) is 0.500. The molecular weight excluding hydrogens is 527 g/mol. The summed E-state index contributed by atoms with van der Waals surface area (Å²) in [6.45, 7) is 6.75. The van der Waals surface area contributed by atoms with Crippen molar-refractivity contribution in [2.45, 2.75) is 69.4 Å². The van der Waals surface area contributed by atoms with E-state index >= 15 is 0 Å². The molecule has 1 aromatic carbocycles. The van der Waals surface area contributed by atoms with Crippen LogP contribution in [0.2, 0.25) is 5.02 Å². The highest BCUT2D eigenvalue weighted by Gasteiger charge is 2.44. The lowest BCUT2D eigenvalue weighted by molar-refractivity contribution is 0.0717. The second-order valence-electron chi connectivity index (χ2n) is 12.1. The molecule has 1 saturated carbocycles. The predicted molar refractivity (Wildman–Crippen MR) is 145 cm³/mol. The van der Waals surface area contributed by atoms with Gasteiger partial charge in [0.05, 0.1) is 32.9 Å². The summed E-state index contributed by atoms with van der Waals surface area (Å²) in [6, 6.07) is 7.48. The average molecular weight is 559 g/mol. The number of aromatic nitrogens is 2. The first-order valence-corrected chi connectivity index (χ1v) is 15.2. The van der Waals surface area contributed by atoms with Gasteiger partial charge in [0.25, 0.3) is 5.91 Å². The molecule has 0 spiro atoms. The third-order valence-corrected chi connectivity index (χ3v) is 10.2. The lowest BCUT2D eigenvalue weighted by Gasteiger charge is -2.43. The number of anilines is 1. The van der Waals surface area contributed by atoms with Crippen molar-refractivity contribution >= 4 is 38.7 Å². The fourth-order valence-electron chi connectivity index (χ4n) is 6.04. The molecule has 2 aromatic heterocycles. The lowest BCUT2D eigenvalue weighted by Crippen LogP contribution is -2.56. The molecule has 3 fully saturated rings. The molecule has 7 nitrogen and oxygen atoms in total. The molecule has 4 heterocycles. The van der Waals surface area contributed by atoms with E-state index in [-0.39, 0.29) is 34.2 Å². The Kier molecular flexibility index (Phi) is 6.03. The van der Waals surface area contributed by atoms with Gasteiger partial charge in [0.1, 0.15) is 17.5 Å². The van der Waals surface area contributed by atoms with Gasteiger partial charge >= 0.3 is 0 Å². The number of imidazole rings is 1. The summed E-state index contributed by atoms with van der Waals surface area (Å²) in [5, 5.41) is 0.107. The van der Waals surface area contributed by atoms with E-state index in [0.29, 0.717) is 29.5 Å². The van der Waals surface area contributed by atoms with Crippen LogP contribution in [-0.4, -0.2) is 59.5 Å². The molecule has 3 aromatic rings. The average Bonchev–Trinajstić information content (AvgIpc) is 3.52. The van der Waals surface area contributed by atoms with Crippen molar-refractivity contribution in [2.24, 2.45) is 5.41 Å². The Balaban J connectivity index is 1.39. The first kappa shape index (κ1) is 25.6. The molecule has 3 aliphatic rings. The minimum atomic E-state index is -3.53. The number of hydrogen-bond donors (Lipinski definition) is 0. The van der Waals surface area contributed by atoms with Crippen LogP contribution in [0.4, 0.5) is 10.2 Å². The number of halogens is 2. The fourth-order valence-corrected chi connectivity index (χ4v) is 8.18. The number of sulfone groups is 1. The molecule has 38 heavy (non-hydrogen) atoms. The molecule has 0 unspecified atom stereocenters. The Hall–Kier alpha value is -2.65. The summed E-state index contributed by atoms with van der Waals surface area (Å²) in [5.74, 6) is 1.56. The summed E-state index contributed by atoms with van der Waals surface area (Å²) in [5.41, 5.74) is 0.703. The molecule has 2 bridgehead atoms. The highest BCUT2D eigenvalue weighted by atomic mass is 35.5. The topological polar surface area (TPSA) is 75.0 Å². The van der Waals surface area contributed by atoms with Gasteiger partial charge in [0.2, 0.25) is 0 Å². The van der Waals surface area contributed by atoms with Crippen LogP contribution in [0.5, 0.6) is 0 Å². The van der Waals surface area contributed by atoms with Gasteiger partial charge in [-0.2, -0.15) is 0 Å². The Labute approximate surface area is 227 Å². The van der Waals surface area contributed by atoms with E-state index < -0.39 is 15.7 Å². The Morgan fingerprint density at radius 1 is 1.08 bits per heavy atom. The number of carbonyl (C=O) groups is 1. The highest BCUT2D eigenvalue weighted by molar-refractivity contribution is 7.91. The van der Waals surface area contributed by atoms with E-state index in [9.17, 15) is 17.6 Å². The van der Waals surface area contributed by atoms with E-state index in [1.54, 1.807) is 17.2 Å². The summed E-state index contributed by atoms with van der Waals surface area (Å²) >= 11 is 6.20. The third-order valence-electron chi connectivity index (χ3n) is 7.73. The normalized spacial score (nSPS) is 21.9. The number of likely N-dealkylation sites (tertiary alicyclic amines) is 1. The Morgan fingerprint density at radius 2 is 1.76 bits per heavy atom. The SMILES string of the molecule is CC(C)(C)CS(=O)(=O)c1cc(N2[C@@H]3CC[C@H]2CN(C(=O)c2ccc(F)cc2Cl)C3)n2c(C3CC3)ncc2c1. The quantitative estimate of drug-likeness (QED) is 0.424. The molecule has 202 valence electrons. The summed E-state index contributed by atoms with van der Waals surface area (Å²) in [4.78, 5) is 22.5. The van der Waals surface area contributed by atoms with Gasteiger partial charge in [-0.1, -0.05) is 32.4 Å². The predicted octanol–water partition coefficient (Wildman–Crippen LogP) is 5.32. The molecule has 0 radical (unpaired) electrons. The number of benzene rings is 1. The number of carbonyl (C=O) groups excluding carboxylic acids is 1. The zero-order valence-electron chi connectivity index (χ0n) is 21.8. The van der Waals surface area contributed by atoms with Crippen molar-refractivity contribution in [3.05, 3.63) is 58.8 Å². The van der Waals surface area contributed by atoms with Gasteiger partial charge in [-0.3, -0.25) is 9.20 Å². The maximum atomic E-state index is 13.6. The molecule has 2 aliphatic heterocycles. The zero-order valence-corrected chi connectivity index (χ0v) is 23.4. The minimum Gasteiger partial charge on any atom is -0.348 e. The monoisotopic (exact) mass is 558 g/mol. The van der Waals surface area contributed by atoms with Crippen molar-refractivity contribution in [2.75, 3.05) is 23.7 Å².